The van der Waals surface area contributed by atoms with E-state index in [9.17, 15) is 19.3 Å². The van der Waals surface area contributed by atoms with Crippen LogP contribution in [0.4, 0.5) is 10.1 Å². The van der Waals surface area contributed by atoms with E-state index in [2.05, 4.69) is 0 Å². The van der Waals surface area contributed by atoms with Crippen molar-refractivity contribution >= 4 is 29.1 Å². The number of hydrogen-bond acceptors (Lipinski definition) is 5. The molecule has 0 spiro atoms. The third kappa shape index (κ3) is 3.88. The predicted molar refractivity (Wildman–Crippen MR) is 108 cm³/mol. The predicted octanol–water partition coefficient (Wildman–Crippen LogP) is 5.58. The Morgan fingerprint density at radius 3 is 2.60 bits per heavy atom. The molecule has 0 atom stereocenters. The SMILES string of the molecule is O=C1C(=Cc2ccc([N+](=O)[O-])cc2)Oc2cc(OCc3c(F)cccc3Cl)ccc21. The number of ether oxygens (including phenoxy) is 2. The van der Waals surface area contributed by atoms with Gasteiger partial charge in [-0.3, -0.25) is 14.9 Å². The normalized spacial score (nSPS) is 13.8. The molecule has 0 radical (unpaired) electrons. The number of non-ortho nitro benzene ring substituents is 1. The van der Waals surface area contributed by atoms with Crippen LogP contribution < -0.4 is 9.47 Å². The Labute approximate surface area is 175 Å². The third-order valence-electron chi connectivity index (χ3n) is 4.49. The first-order valence-corrected chi connectivity index (χ1v) is 9.18. The monoisotopic (exact) mass is 425 g/mol. The highest BCUT2D eigenvalue weighted by atomic mass is 35.5. The highest BCUT2D eigenvalue weighted by molar-refractivity contribution is 6.31. The van der Waals surface area contributed by atoms with Crippen LogP contribution in [0.5, 0.6) is 11.5 Å². The molecule has 0 aliphatic carbocycles. The zero-order chi connectivity index (χ0) is 21.3. The second-order valence-electron chi connectivity index (χ2n) is 6.44. The summed E-state index contributed by atoms with van der Waals surface area (Å²) in [7, 11) is 0. The number of rotatable bonds is 5. The van der Waals surface area contributed by atoms with Gasteiger partial charge in [0.15, 0.2) is 5.76 Å². The zero-order valence-electron chi connectivity index (χ0n) is 15.3. The molecule has 0 fully saturated rings. The van der Waals surface area contributed by atoms with Crippen LogP contribution in [0, 0.1) is 15.9 Å². The van der Waals surface area contributed by atoms with Crippen molar-refractivity contribution in [2.24, 2.45) is 0 Å². The molecule has 8 heteroatoms. The maximum Gasteiger partial charge on any atom is 0.269 e. The van der Waals surface area contributed by atoms with Gasteiger partial charge in [0.05, 0.1) is 15.5 Å². The lowest BCUT2D eigenvalue weighted by atomic mass is 10.1. The van der Waals surface area contributed by atoms with Crippen molar-refractivity contribution < 1.29 is 23.6 Å². The lowest BCUT2D eigenvalue weighted by Crippen LogP contribution is -1.99. The van der Waals surface area contributed by atoms with Crippen molar-refractivity contribution in [2.75, 3.05) is 0 Å². The van der Waals surface area contributed by atoms with E-state index < -0.39 is 10.7 Å². The molecular weight excluding hydrogens is 413 g/mol. The summed E-state index contributed by atoms with van der Waals surface area (Å²) in [5.74, 6) is 0.00588. The highest BCUT2D eigenvalue weighted by Crippen LogP contribution is 2.35. The molecule has 0 N–H and O–H groups in total. The van der Waals surface area contributed by atoms with Crippen LogP contribution in [0.1, 0.15) is 21.5 Å². The van der Waals surface area contributed by atoms with Gasteiger partial charge in [0.25, 0.3) is 5.69 Å². The second kappa shape index (κ2) is 7.96. The number of nitro benzene ring substituents is 1. The molecule has 1 heterocycles. The van der Waals surface area contributed by atoms with E-state index in [1.807, 2.05) is 0 Å². The summed E-state index contributed by atoms with van der Waals surface area (Å²) in [6.07, 6.45) is 1.51. The Kier molecular flexibility index (Phi) is 5.20. The number of nitrogens with zero attached hydrogens (tertiary/aromatic N) is 1. The zero-order valence-corrected chi connectivity index (χ0v) is 16.1. The van der Waals surface area contributed by atoms with Crippen LogP contribution in [0.3, 0.4) is 0 Å². The van der Waals surface area contributed by atoms with Gasteiger partial charge in [-0.25, -0.2) is 4.39 Å². The maximum absolute atomic E-state index is 13.9. The van der Waals surface area contributed by atoms with Crippen molar-refractivity contribution in [1.29, 1.82) is 0 Å². The third-order valence-corrected chi connectivity index (χ3v) is 4.84. The first-order valence-electron chi connectivity index (χ1n) is 8.81. The number of Topliss-reactive ketones (excluding diaryl/α,β-unsaturated/α-hetero) is 1. The molecule has 30 heavy (non-hydrogen) atoms. The Hall–Kier alpha value is -3.71. The van der Waals surface area contributed by atoms with Crippen LogP contribution in [0.25, 0.3) is 6.08 Å². The molecule has 3 aromatic carbocycles. The van der Waals surface area contributed by atoms with E-state index in [4.69, 9.17) is 21.1 Å². The van der Waals surface area contributed by atoms with Crippen LogP contribution >= 0.6 is 11.6 Å². The van der Waals surface area contributed by atoms with Gasteiger partial charge < -0.3 is 9.47 Å². The first-order chi connectivity index (χ1) is 14.4. The molecule has 4 rings (SSSR count). The Morgan fingerprint density at radius 1 is 1.13 bits per heavy atom. The van der Waals surface area contributed by atoms with Gasteiger partial charge in [-0.15, -0.1) is 0 Å². The number of hydrogen-bond donors (Lipinski definition) is 0. The minimum Gasteiger partial charge on any atom is -0.489 e. The lowest BCUT2D eigenvalue weighted by molar-refractivity contribution is -0.384. The van der Waals surface area contributed by atoms with E-state index in [0.29, 0.717) is 22.6 Å². The summed E-state index contributed by atoms with van der Waals surface area (Å²) < 4.78 is 25.1. The van der Waals surface area contributed by atoms with Gasteiger partial charge in [-0.2, -0.15) is 0 Å². The van der Waals surface area contributed by atoms with Gasteiger partial charge in [-0.1, -0.05) is 17.7 Å². The van der Waals surface area contributed by atoms with E-state index in [1.54, 1.807) is 24.3 Å². The molecule has 0 saturated heterocycles. The molecule has 0 aromatic heterocycles. The van der Waals surface area contributed by atoms with E-state index >= 15 is 0 Å². The van der Waals surface area contributed by atoms with E-state index in [1.165, 1.54) is 42.5 Å². The van der Waals surface area contributed by atoms with Gasteiger partial charge >= 0.3 is 0 Å². The number of halogens is 2. The fourth-order valence-electron chi connectivity index (χ4n) is 2.93. The van der Waals surface area contributed by atoms with E-state index in [-0.39, 0.29) is 34.4 Å². The molecule has 6 nitrogen and oxygen atoms in total. The quantitative estimate of drug-likeness (QED) is 0.303. The van der Waals surface area contributed by atoms with Crippen molar-refractivity contribution in [2.45, 2.75) is 6.61 Å². The summed E-state index contributed by atoms with van der Waals surface area (Å²) >= 11 is 6.00. The highest BCUT2D eigenvalue weighted by Gasteiger charge is 2.27. The fraction of sp³-hybridized carbons (Fsp3) is 0.0455. The average Bonchev–Trinajstić information content (AvgIpc) is 3.03. The number of ketones is 1. The Bertz CT molecular complexity index is 1170. The van der Waals surface area contributed by atoms with Gasteiger partial charge in [0, 0.05) is 23.8 Å². The van der Waals surface area contributed by atoms with Crippen molar-refractivity contribution in [3.05, 3.63) is 104 Å². The van der Waals surface area contributed by atoms with Crippen LogP contribution in [0.2, 0.25) is 5.02 Å². The number of nitro groups is 1. The minimum absolute atomic E-state index is 0.0455. The summed E-state index contributed by atoms with van der Waals surface area (Å²) in [6, 6.07) is 14.8. The molecule has 150 valence electrons. The summed E-state index contributed by atoms with van der Waals surface area (Å²) in [5, 5.41) is 11.0. The Balaban J connectivity index is 1.51. The molecule has 1 aliphatic rings. The van der Waals surface area contributed by atoms with Crippen molar-refractivity contribution in [3.8, 4) is 11.5 Å². The Morgan fingerprint density at radius 2 is 1.90 bits per heavy atom. The lowest BCUT2D eigenvalue weighted by Gasteiger charge is -2.09. The van der Waals surface area contributed by atoms with Crippen LogP contribution in [0.15, 0.2) is 66.4 Å². The largest absolute Gasteiger partial charge is 0.489 e. The molecule has 0 unspecified atom stereocenters. The molecule has 0 saturated carbocycles. The number of fused-ring (bicyclic) bond motifs is 1. The van der Waals surface area contributed by atoms with Gasteiger partial charge in [0.2, 0.25) is 5.78 Å². The molecule has 0 amide bonds. The number of allylic oxidation sites excluding steroid dienone is 1. The van der Waals surface area contributed by atoms with Crippen LogP contribution in [-0.2, 0) is 6.61 Å². The van der Waals surface area contributed by atoms with Gasteiger partial charge in [-0.05, 0) is 48.0 Å². The van der Waals surface area contributed by atoms with Gasteiger partial charge in [0.1, 0.15) is 23.9 Å². The fourth-order valence-corrected chi connectivity index (χ4v) is 3.14. The first kappa shape index (κ1) is 19.6. The summed E-state index contributed by atoms with van der Waals surface area (Å²) in [6.45, 7) is -0.0796. The van der Waals surface area contributed by atoms with E-state index in [0.717, 1.165) is 0 Å². The molecule has 0 bridgehead atoms. The molecule has 3 aromatic rings. The summed E-state index contributed by atoms with van der Waals surface area (Å²) in [4.78, 5) is 22.8. The summed E-state index contributed by atoms with van der Waals surface area (Å²) in [5.41, 5.74) is 1.13. The van der Waals surface area contributed by atoms with Crippen molar-refractivity contribution in [1.82, 2.24) is 0 Å². The topological polar surface area (TPSA) is 78.7 Å². The number of carbonyl (C=O) groups is 1. The molecular formula is C22H13ClFNO5. The molecule has 1 aliphatic heterocycles. The smallest absolute Gasteiger partial charge is 0.269 e. The minimum atomic E-state index is -0.500. The second-order valence-corrected chi connectivity index (χ2v) is 6.84. The number of carbonyl (C=O) groups excluding carboxylic acids is 1. The number of benzene rings is 3. The average molecular weight is 426 g/mol. The van der Waals surface area contributed by atoms with Crippen molar-refractivity contribution in [3.63, 3.8) is 0 Å². The standard InChI is InChI=1S/C22H13ClFNO5/c23-18-2-1-3-19(24)17(18)12-29-15-8-9-16-20(11-15)30-21(22(16)26)10-13-4-6-14(7-5-13)25(27)28/h1-11H,12H2. The van der Waals surface area contributed by atoms with Crippen LogP contribution in [-0.4, -0.2) is 10.7 Å². The maximum atomic E-state index is 13.9.